The van der Waals surface area contributed by atoms with E-state index in [1.807, 2.05) is 0 Å². The minimum Gasteiger partial charge on any atom is -0.271 e. The molecule has 0 amide bonds. The van der Waals surface area contributed by atoms with Crippen LogP contribution in [-0.4, -0.2) is 13.7 Å². The maximum absolute atomic E-state index is 9.42. The average molecular weight is 141 g/mol. The Morgan fingerprint density at radius 1 is 1.71 bits per heavy atom. The molecule has 0 aromatic rings. The van der Waals surface area contributed by atoms with Crippen LogP contribution in [0.1, 0.15) is 0 Å². The van der Waals surface area contributed by atoms with Gasteiger partial charge in [-0.1, -0.05) is 0 Å². The van der Waals surface area contributed by atoms with Crippen molar-refractivity contribution in [1.82, 2.24) is 0 Å². The average Bonchev–Trinajstić information content (AvgIpc) is 1.27. The van der Waals surface area contributed by atoms with Gasteiger partial charge in [-0.2, -0.15) is 8.42 Å². The highest BCUT2D eigenvalue weighted by atomic mass is 35.5. The van der Waals surface area contributed by atoms with Gasteiger partial charge >= 0.3 is 10.5 Å². The second kappa shape index (κ2) is 2.70. The van der Waals surface area contributed by atoms with Crippen LogP contribution in [0.25, 0.3) is 0 Å². The van der Waals surface area contributed by atoms with Gasteiger partial charge in [0.05, 0.1) is 0 Å². The third kappa shape index (κ3) is 5.58. The number of nitrogens with one attached hydrogen (secondary N) is 1. The zero-order chi connectivity index (χ0) is 5.86. The first-order chi connectivity index (χ1) is 3.13. The third-order valence-electron chi connectivity index (χ3n) is 0.155. The van der Waals surface area contributed by atoms with E-state index < -0.39 is 15.8 Å². The molecule has 0 aromatic heterocycles. The largest absolute Gasteiger partial charge is 0.318 e. The first-order valence-electron chi connectivity index (χ1n) is 1.18. The standard InChI is InChI=1S/CHClN2O2S/c2-1(3)4-7(5)6/h3H. The zero-order valence-electron chi connectivity index (χ0n) is 3.05. The summed E-state index contributed by atoms with van der Waals surface area (Å²) in [5.74, 6) is 0. The Hall–Kier alpha value is -0.420. The lowest BCUT2D eigenvalue weighted by Crippen LogP contribution is -1.70. The molecule has 0 fully saturated rings. The number of halogens is 1. The van der Waals surface area contributed by atoms with Crippen molar-refractivity contribution in [2.75, 3.05) is 0 Å². The summed E-state index contributed by atoms with van der Waals surface area (Å²) in [4.78, 5) is 0. The molecular weight excluding hydrogens is 140 g/mol. The van der Waals surface area contributed by atoms with Gasteiger partial charge in [0.25, 0.3) is 0 Å². The van der Waals surface area contributed by atoms with Crippen molar-refractivity contribution < 1.29 is 8.42 Å². The van der Waals surface area contributed by atoms with Crippen LogP contribution in [0.2, 0.25) is 0 Å². The Balaban J connectivity index is 4.26. The second-order valence-electron chi connectivity index (χ2n) is 0.599. The number of nitrogens with zero attached hydrogens (tertiary/aromatic N) is 1. The molecule has 0 radical (unpaired) electrons. The Morgan fingerprint density at radius 2 is 2.14 bits per heavy atom. The minimum atomic E-state index is -2.58. The summed E-state index contributed by atoms with van der Waals surface area (Å²) in [5, 5.41) is 5.50. The quantitative estimate of drug-likeness (QED) is 0.297. The van der Waals surface area contributed by atoms with Crippen molar-refractivity contribution in [2.24, 2.45) is 4.36 Å². The minimum absolute atomic E-state index is 0.728. The molecule has 0 aliphatic carbocycles. The molecular formula is CHClN2O2S. The molecule has 40 valence electrons. The molecule has 0 aromatic carbocycles. The molecule has 0 saturated carbocycles. The lowest BCUT2D eigenvalue weighted by atomic mass is 11.4. The van der Waals surface area contributed by atoms with Crippen LogP contribution in [0.15, 0.2) is 4.36 Å². The van der Waals surface area contributed by atoms with E-state index in [1.54, 1.807) is 0 Å². The molecule has 4 nitrogen and oxygen atoms in total. The molecule has 1 N–H and O–H groups in total. The molecule has 0 saturated heterocycles. The molecule has 0 atom stereocenters. The molecule has 0 heterocycles. The van der Waals surface area contributed by atoms with E-state index in [0.717, 1.165) is 0 Å². The van der Waals surface area contributed by atoms with Crippen LogP contribution in [-0.2, 0) is 10.5 Å². The van der Waals surface area contributed by atoms with E-state index in [2.05, 4.69) is 4.36 Å². The van der Waals surface area contributed by atoms with Gasteiger partial charge in [-0.15, -0.1) is 4.36 Å². The van der Waals surface area contributed by atoms with Crippen LogP contribution in [0.4, 0.5) is 0 Å². The molecule has 0 rings (SSSR count). The fourth-order valence-corrected chi connectivity index (χ4v) is 0.365. The van der Waals surface area contributed by atoms with Crippen molar-refractivity contribution in [3.8, 4) is 0 Å². The lowest BCUT2D eigenvalue weighted by molar-refractivity contribution is 0.623. The molecule has 0 bridgehead atoms. The van der Waals surface area contributed by atoms with Gasteiger partial charge in [-0.3, -0.25) is 5.41 Å². The summed E-state index contributed by atoms with van der Waals surface area (Å²) >= 11 is 4.70. The summed E-state index contributed by atoms with van der Waals surface area (Å²) < 4.78 is 21.4. The molecule has 7 heavy (non-hydrogen) atoms. The monoisotopic (exact) mass is 140 g/mol. The summed E-state index contributed by atoms with van der Waals surface area (Å²) in [6.07, 6.45) is 0. The maximum Gasteiger partial charge on any atom is 0.318 e. The van der Waals surface area contributed by atoms with E-state index in [4.69, 9.17) is 17.0 Å². The van der Waals surface area contributed by atoms with Crippen molar-refractivity contribution in [3.63, 3.8) is 0 Å². The van der Waals surface area contributed by atoms with E-state index in [0.29, 0.717) is 0 Å². The number of amidine groups is 1. The predicted molar refractivity (Wildman–Crippen MR) is 24.9 cm³/mol. The maximum atomic E-state index is 9.42. The third-order valence-corrected chi connectivity index (χ3v) is 0.671. The van der Waals surface area contributed by atoms with Gasteiger partial charge < -0.3 is 0 Å². The van der Waals surface area contributed by atoms with E-state index >= 15 is 0 Å². The van der Waals surface area contributed by atoms with Crippen LogP contribution in [0.5, 0.6) is 0 Å². The van der Waals surface area contributed by atoms with Gasteiger partial charge in [-0.25, -0.2) is 0 Å². The number of hydrogen-bond donors (Lipinski definition) is 1. The molecule has 0 aliphatic rings. The fraction of sp³-hybridized carbons (Fsp3) is 0. The van der Waals surface area contributed by atoms with Gasteiger partial charge in [0.2, 0.25) is 5.29 Å². The highest BCUT2D eigenvalue weighted by Crippen LogP contribution is 1.77. The zero-order valence-corrected chi connectivity index (χ0v) is 4.62. The highest BCUT2D eigenvalue weighted by Gasteiger charge is 1.78. The smallest absolute Gasteiger partial charge is 0.271 e. The summed E-state index contributed by atoms with van der Waals surface area (Å²) in [6, 6.07) is 0. The fourth-order valence-electron chi connectivity index (χ4n) is 0.0654. The topological polar surface area (TPSA) is 70.3 Å². The predicted octanol–water partition coefficient (Wildman–Crippen LogP) is 0.223. The van der Waals surface area contributed by atoms with E-state index in [9.17, 15) is 8.42 Å². The molecule has 0 spiro atoms. The number of rotatable bonds is 0. The number of hydrogen-bond acceptors (Lipinski definition) is 3. The summed E-state index contributed by atoms with van der Waals surface area (Å²) in [6.45, 7) is 0. The Bertz CT molecular complexity index is 184. The second-order valence-corrected chi connectivity index (χ2v) is 1.57. The van der Waals surface area contributed by atoms with Crippen LogP contribution < -0.4 is 0 Å². The Kier molecular flexibility index (Phi) is 2.54. The van der Waals surface area contributed by atoms with Crippen molar-refractivity contribution in [3.05, 3.63) is 0 Å². The summed E-state index contributed by atoms with van der Waals surface area (Å²) in [7, 11) is -2.58. The van der Waals surface area contributed by atoms with Crippen molar-refractivity contribution in [1.29, 1.82) is 5.41 Å². The molecule has 0 aliphatic heterocycles. The van der Waals surface area contributed by atoms with Crippen molar-refractivity contribution >= 4 is 27.4 Å². The Morgan fingerprint density at radius 3 is 2.14 bits per heavy atom. The lowest BCUT2D eigenvalue weighted by Gasteiger charge is -1.64. The highest BCUT2D eigenvalue weighted by molar-refractivity contribution is 7.62. The molecule has 0 unspecified atom stereocenters. The van der Waals surface area contributed by atoms with Crippen LogP contribution in [0, 0.1) is 5.41 Å². The SMILES string of the molecule is N=C(Cl)N=S(=O)=O. The van der Waals surface area contributed by atoms with Gasteiger partial charge in [0.15, 0.2) is 0 Å². The van der Waals surface area contributed by atoms with Crippen LogP contribution in [0.3, 0.4) is 0 Å². The van der Waals surface area contributed by atoms with E-state index in [-0.39, 0.29) is 0 Å². The van der Waals surface area contributed by atoms with Crippen LogP contribution >= 0.6 is 11.6 Å². The Labute approximate surface area is 46.3 Å². The van der Waals surface area contributed by atoms with Gasteiger partial charge in [0.1, 0.15) is 0 Å². The first kappa shape index (κ1) is 6.58. The normalized spacial score (nSPS) is 7.57. The molecule has 6 heteroatoms. The first-order valence-corrected chi connectivity index (χ1v) is 2.59. The van der Waals surface area contributed by atoms with Crippen molar-refractivity contribution in [2.45, 2.75) is 0 Å². The van der Waals surface area contributed by atoms with Gasteiger partial charge in [0, 0.05) is 0 Å². The summed E-state index contributed by atoms with van der Waals surface area (Å²) in [5.41, 5.74) is 0. The van der Waals surface area contributed by atoms with Gasteiger partial charge in [-0.05, 0) is 11.6 Å². The van der Waals surface area contributed by atoms with E-state index in [1.165, 1.54) is 0 Å².